The number of fused-ring (bicyclic) bond motifs is 1. The Morgan fingerprint density at radius 1 is 1.43 bits per heavy atom. The summed E-state index contributed by atoms with van der Waals surface area (Å²) in [6, 6.07) is 7.43. The van der Waals surface area contributed by atoms with Gasteiger partial charge in [0, 0.05) is 36.6 Å². The van der Waals surface area contributed by atoms with Crippen molar-refractivity contribution in [2.24, 2.45) is 5.92 Å². The monoisotopic (exact) mass is 285 g/mol. The highest BCUT2D eigenvalue weighted by Crippen LogP contribution is 2.23. The lowest BCUT2D eigenvalue weighted by atomic mass is 10.0. The number of carbonyl (C=O) groups is 1. The molecule has 5 nitrogen and oxygen atoms in total. The summed E-state index contributed by atoms with van der Waals surface area (Å²) in [6.45, 7) is 4.56. The van der Waals surface area contributed by atoms with E-state index < -0.39 is 0 Å². The number of ether oxygens (including phenoxy) is 1. The van der Waals surface area contributed by atoms with Crippen molar-refractivity contribution in [1.29, 1.82) is 0 Å². The number of nitrogens with one attached hydrogen (secondary N) is 2. The van der Waals surface area contributed by atoms with E-state index in [0.29, 0.717) is 18.0 Å². The Kier molecular flexibility index (Phi) is 3.75. The van der Waals surface area contributed by atoms with Crippen LogP contribution in [0.2, 0.25) is 0 Å². The zero-order chi connectivity index (χ0) is 14.8. The van der Waals surface area contributed by atoms with Crippen LogP contribution in [0.1, 0.15) is 16.1 Å². The van der Waals surface area contributed by atoms with Crippen molar-refractivity contribution in [3.63, 3.8) is 0 Å². The maximum Gasteiger partial charge on any atom is 0.252 e. The molecule has 0 unspecified atom stereocenters. The number of benzene rings is 1. The van der Waals surface area contributed by atoms with Gasteiger partial charge in [-0.2, -0.15) is 0 Å². The topological polar surface area (TPSA) is 63.2 Å². The molecule has 1 aliphatic heterocycles. The van der Waals surface area contributed by atoms with E-state index in [1.54, 1.807) is 7.11 Å². The van der Waals surface area contributed by atoms with Gasteiger partial charge in [0.05, 0.1) is 18.2 Å². The number of carbonyl (C=O) groups excluding carboxylic acids is 1. The van der Waals surface area contributed by atoms with Gasteiger partial charge in [-0.3, -0.25) is 9.78 Å². The van der Waals surface area contributed by atoms with Crippen LogP contribution in [0.25, 0.3) is 10.9 Å². The number of methoxy groups -OCH3 is 1. The number of aryl methyl sites for hydroxylation is 1. The van der Waals surface area contributed by atoms with Gasteiger partial charge in [-0.15, -0.1) is 0 Å². The van der Waals surface area contributed by atoms with Crippen molar-refractivity contribution < 1.29 is 9.53 Å². The third kappa shape index (κ3) is 2.83. The minimum atomic E-state index is -0.0503. The number of hydrogen-bond acceptors (Lipinski definition) is 4. The van der Waals surface area contributed by atoms with E-state index in [9.17, 15) is 4.79 Å². The Labute approximate surface area is 123 Å². The Morgan fingerprint density at radius 3 is 2.90 bits per heavy atom. The molecule has 1 aromatic carbocycles. The minimum Gasteiger partial charge on any atom is -0.497 e. The van der Waals surface area contributed by atoms with Gasteiger partial charge < -0.3 is 15.4 Å². The van der Waals surface area contributed by atoms with E-state index in [0.717, 1.165) is 35.4 Å². The quantitative estimate of drug-likeness (QED) is 0.893. The summed E-state index contributed by atoms with van der Waals surface area (Å²) in [5.74, 6) is 1.22. The SMILES string of the molecule is COc1ccc2nc(C)cc(C(=O)NCC3CNC3)c2c1. The number of pyridine rings is 1. The van der Waals surface area contributed by atoms with Gasteiger partial charge in [0.25, 0.3) is 5.91 Å². The molecule has 3 rings (SSSR count). The summed E-state index contributed by atoms with van der Waals surface area (Å²) in [6.07, 6.45) is 0. The summed E-state index contributed by atoms with van der Waals surface area (Å²) in [5.41, 5.74) is 2.30. The molecule has 2 heterocycles. The van der Waals surface area contributed by atoms with Gasteiger partial charge >= 0.3 is 0 Å². The number of aromatic nitrogens is 1. The molecule has 2 aromatic rings. The van der Waals surface area contributed by atoms with Crippen LogP contribution in [0.3, 0.4) is 0 Å². The Balaban J connectivity index is 1.92. The van der Waals surface area contributed by atoms with Gasteiger partial charge in [0.15, 0.2) is 0 Å². The third-order valence-corrected chi connectivity index (χ3v) is 3.81. The van der Waals surface area contributed by atoms with Crippen molar-refractivity contribution in [1.82, 2.24) is 15.6 Å². The summed E-state index contributed by atoms with van der Waals surface area (Å²) in [7, 11) is 1.62. The smallest absolute Gasteiger partial charge is 0.252 e. The molecule has 21 heavy (non-hydrogen) atoms. The second-order valence-electron chi connectivity index (χ2n) is 5.43. The van der Waals surface area contributed by atoms with E-state index in [1.165, 1.54) is 0 Å². The molecule has 0 saturated carbocycles. The van der Waals surface area contributed by atoms with Crippen LogP contribution >= 0.6 is 0 Å². The second-order valence-corrected chi connectivity index (χ2v) is 5.43. The van der Waals surface area contributed by atoms with Gasteiger partial charge in [0.1, 0.15) is 5.75 Å². The lowest BCUT2D eigenvalue weighted by molar-refractivity contribution is 0.0943. The molecule has 1 aliphatic rings. The first-order valence-electron chi connectivity index (χ1n) is 7.11. The predicted octanol–water partition coefficient (Wildman–Crippen LogP) is 1.50. The lowest BCUT2D eigenvalue weighted by Gasteiger charge is -2.27. The molecular weight excluding hydrogens is 266 g/mol. The molecule has 5 heteroatoms. The van der Waals surface area contributed by atoms with Crippen molar-refractivity contribution in [2.75, 3.05) is 26.7 Å². The van der Waals surface area contributed by atoms with Crippen LogP contribution in [0.4, 0.5) is 0 Å². The van der Waals surface area contributed by atoms with Crippen molar-refractivity contribution in [3.05, 3.63) is 35.5 Å². The van der Waals surface area contributed by atoms with E-state index >= 15 is 0 Å². The molecule has 1 amide bonds. The standard InChI is InChI=1S/C16H19N3O2/c1-10-5-14(16(20)18-9-11-7-17-8-11)13-6-12(21-2)3-4-15(13)19-10/h3-6,11,17H,7-9H2,1-2H3,(H,18,20). The molecule has 110 valence electrons. The van der Waals surface area contributed by atoms with Crippen LogP contribution in [-0.2, 0) is 0 Å². The van der Waals surface area contributed by atoms with Crippen LogP contribution in [0.5, 0.6) is 5.75 Å². The number of rotatable bonds is 4. The molecule has 1 fully saturated rings. The Bertz CT molecular complexity index is 681. The Morgan fingerprint density at radius 2 is 2.24 bits per heavy atom. The van der Waals surface area contributed by atoms with Crippen molar-refractivity contribution >= 4 is 16.8 Å². The maximum absolute atomic E-state index is 12.5. The fourth-order valence-electron chi connectivity index (χ4n) is 2.48. The van der Waals surface area contributed by atoms with Gasteiger partial charge in [-0.1, -0.05) is 0 Å². The molecule has 0 bridgehead atoms. The highest BCUT2D eigenvalue weighted by molar-refractivity contribution is 6.06. The first-order valence-corrected chi connectivity index (χ1v) is 7.11. The van der Waals surface area contributed by atoms with Crippen LogP contribution in [0, 0.1) is 12.8 Å². The average molecular weight is 285 g/mol. The number of hydrogen-bond donors (Lipinski definition) is 2. The van der Waals surface area contributed by atoms with Crippen LogP contribution in [0.15, 0.2) is 24.3 Å². The molecule has 1 aromatic heterocycles. The molecular formula is C16H19N3O2. The molecule has 0 spiro atoms. The van der Waals surface area contributed by atoms with E-state index in [1.807, 2.05) is 31.2 Å². The molecule has 2 N–H and O–H groups in total. The summed E-state index contributed by atoms with van der Waals surface area (Å²) < 4.78 is 5.24. The minimum absolute atomic E-state index is 0.0503. The summed E-state index contributed by atoms with van der Waals surface area (Å²) >= 11 is 0. The van der Waals surface area contributed by atoms with Crippen molar-refractivity contribution in [3.8, 4) is 5.75 Å². The summed E-state index contributed by atoms with van der Waals surface area (Å²) in [4.78, 5) is 16.9. The third-order valence-electron chi connectivity index (χ3n) is 3.81. The fourth-order valence-corrected chi connectivity index (χ4v) is 2.48. The van der Waals surface area contributed by atoms with Crippen LogP contribution in [-0.4, -0.2) is 37.6 Å². The van der Waals surface area contributed by atoms with E-state index in [2.05, 4.69) is 15.6 Å². The summed E-state index contributed by atoms with van der Waals surface area (Å²) in [5, 5.41) is 7.03. The fraction of sp³-hybridized carbons (Fsp3) is 0.375. The van der Waals surface area contributed by atoms with Crippen molar-refractivity contribution in [2.45, 2.75) is 6.92 Å². The molecule has 0 atom stereocenters. The average Bonchev–Trinajstić information content (AvgIpc) is 2.44. The zero-order valence-electron chi connectivity index (χ0n) is 12.3. The molecule has 1 saturated heterocycles. The van der Waals surface area contributed by atoms with E-state index in [-0.39, 0.29) is 5.91 Å². The highest BCUT2D eigenvalue weighted by Gasteiger charge is 2.19. The highest BCUT2D eigenvalue weighted by atomic mass is 16.5. The largest absolute Gasteiger partial charge is 0.497 e. The number of nitrogens with zero attached hydrogens (tertiary/aromatic N) is 1. The normalized spacial score (nSPS) is 14.8. The predicted molar refractivity (Wildman–Crippen MR) is 81.7 cm³/mol. The first-order chi connectivity index (χ1) is 10.2. The molecule has 0 radical (unpaired) electrons. The zero-order valence-corrected chi connectivity index (χ0v) is 12.3. The van der Waals surface area contributed by atoms with Gasteiger partial charge in [0.2, 0.25) is 0 Å². The number of amides is 1. The second kappa shape index (κ2) is 5.69. The maximum atomic E-state index is 12.5. The van der Waals surface area contributed by atoms with Crippen LogP contribution < -0.4 is 15.4 Å². The van der Waals surface area contributed by atoms with E-state index in [4.69, 9.17) is 4.74 Å². The molecule has 0 aliphatic carbocycles. The van der Waals surface area contributed by atoms with Gasteiger partial charge in [-0.05, 0) is 31.2 Å². The Hall–Kier alpha value is -2.14. The lowest BCUT2D eigenvalue weighted by Crippen LogP contribution is -2.48. The van der Waals surface area contributed by atoms with Gasteiger partial charge in [-0.25, -0.2) is 0 Å². The first kappa shape index (κ1) is 13.8.